The van der Waals surface area contributed by atoms with Crippen LogP contribution in [0.2, 0.25) is 0 Å². The van der Waals surface area contributed by atoms with Gasteiger partial charge in [-0.2, -0.15) is 4.31 Å². The minimum absolute atomic E-state index is 0.102. The first-order valence-corrected chi connectivity index (χ1v) is 12.1. The lowest BCUT2D eigenvalue weighted by Crippen LogP contribution is -2.40. The predicted octanol–water partition coefficient (Wildman–Crippen LogP) is 3.56. The molecule has 1 heterocycles. The molecule has 33 heavy (non-hydrogen) atoms. The largest absolute Gasteiger partial charge is 0.497 e. The van der Waals surface area contributed by atoms with Gasteiger partial charge in [-0.15, -0.1) is 0 Å². The second kappa shape index (κ2) is 10.2. The number of methoxy groups -OCH3 is 1. The minimum atomic E-state index is -3.71. The van der Waals surface area contributed by atoms with Gasteiger partial charge < -0.3 is 14.4 Å². The molecule has 4 rings (SSSR count). The fourth-order valence-corrected chi connectivity index (χ4v) is 5.14. The smallest absolute Gasteiger partial charge is 0.258 e. The zero-order valence-corrected chi connectivity index (χ0v) is 19.2. The molecular weight excluding hydrogens is 440 g/mol. The van der Waals surface area contributed by atoms with Gasteiger partial charge in [0.05, 0.1) is 31.8 Å². The third-order valence-corrected chi connectivity index (χ3v) is 7.40. The third-order valence-electron chi connectivity index (χ3n) is 5.50. The van der Waals surface area contributed by atoms with Crippen molar-refractivity contribution in [2.45, 2.75) is 11.4 Å². The third kappa shape index (κ3) is 5.24. The van der Waals surface area contributed by atoms with E-state index in [4.69, 9.17) is 9.47 Å². The Morgan fingerprint density at radius 3 is 2.33 bits per heavy atom. The minimum Gasteiger partial charge on any atom is -0.497 e. The fraction of sp³-hybridized carbons (Fsp3) is 0.240. The first-order chi connectivity index (χ1) is 16.0. The molecule has 0 bridgehead atoms. The lowest BCUT2D eigenvalue weighted by molar-refractivity contribution is 0.0730. The lowest BCUT2D eigenvalue weighted by Gasteiger charge is -2.26. The number of rotatable bonds is 7. The van der Waals surface area contributed by atoms with Gasteiger partial charge in [0.1, 0.15) is 5.75 Å². The highest BCUT2D eigenvalue weighted by atomic mass is 32.2. The number of amides is 1. The van der Waals surface area contributed by atoms with Crippen LogP contribution in [0, 0.1) is 0 Å². The average Bonchev–Trinajstić information content (AvgIpc) is 2.88. The number of hydrogen-bond donors (Lipinski definition) is 0. The van der Waals surface area contributed by atoms with E-state index in [9.17, 15) is 13.2 Å². The summed E-state index contributed by atoms with van der Waals surface area (Å²) < 4.78 is 38.1. The van der Waals surface area contributed by atoms with Gasteiger partial charge >= 0.3 is 0 Å². The van der Waals surface area contributed by atoms with Crippen LogP contribution in [0.15, 0.2) is 83.8 Å². The Balaban J connectivity index is 1.67. The predicted molar refractivity (Wildman–Crippen MR) is 126 cm³/mol. The van der Waals surface area contributed by atoms with Crippen molar-refractivity contribution in [1.82, 2.24) is 4.31 Å². The number of anilines is 1. The molecular formula is C25H26N2O5S. The summed E-state index contributed by atoms with van der Waals surface area (Å²) in [4.78, 5) is 15.4. The molecule has 0 aromatic heterocycles. The normalized spacial score (nSPS) is 14.6. The molecule has 0 aliphatic carbocycles. The van der Waals surface area contributed by atoms with E-state index in [1.165, 1.54) is 16.4 Å². The van der Waals surface area contributed by atoms with Crippen LogP contribution >= 0.6 is 0 Å². The Hall–Kier alpha value is -3.20. The van der Waals surface area contributed by atoms with Crippen LogP contribution in [0.4, 0.5) is 5.69 Å². The number of carbonyl (C=O) groups excluding carboxylic acids is 1. The summed E-state index contributed by atoms with van der Waals surface area (Å²) >= 11 is 0. The highest BCUT2D eigenvalue weighted by Gasteiger charge is 2.27. The molecule has 1 aliphatic rings. The molecule has 0 saturated carbocycles. The van der Waals surface area contributed by atoms with Gasteiger partial charge in [-0.1, -0.05) is 36.4 Å². The number of ether oxygens (including phenoxy) is 2. The summed E-state index contributed by atoms with van der Waals surface area (Å²) in [6.45, 7) is 1.66. The Morgan fingerprint density at radius 1 is 0.970 bits per heavy atom. The maximum Gasteiger partial charge on any atom is 0.258 e. The molecule has 172 valence electrons. The van der Waals surface area contributed by atoms with Crippen molar-refractivity contribution in [3.63, 3.8) is 0 Å². The molecule has 1 aliphatic heterocycles. The molecule has 1 fully saturated rings. The Morgan fingerprint density at radius 2 is 1.67 bits per heavy atom. The number of morpholine rings is 1. The van der Waals surface area contributed by atoms with Crippen LogP contribution in [0.5, 0.6) is 5.75 Å². The molecule has 7 nitrogen and oxygen atoms in total. The van der Waals surface area contributed by atoms with Crippen molar-refractivity contribution in [3.05, 3.63) is 90.0 Å². The van der Waals surface area contributed by atoms with Gasteiger partial charge in [-0.25, -0.2) is 8.42 Å². The monoisotopic (exact) mass is 466 g/mol. The molecule has 0 N–H and O–H groups in total. The number of sulfonamides is 1. The number of carbonyl (C=O) groups is 1. The van der Waals surface area contributed by atoms with E-state index in [0.717, 1.165) is 5.56 Å². The van der Waals surface area contributed by atoms with Crippen molar-refractivity contribution < 1.29 is 22.7 Å². The zero-order chi connectivity index (χ0) is 23.3. The summed E-state index contributed by atoms with van der Waals surface area (Å²) in [6.07, 6.45) is 0. The second-order valence-electron chi connectivity index (χ2n) is 7.62. The summed E-state index contributed by atoms with van der Waals surface area (Å²) in [5.41, 5.74) is 1.95. The molecule has 1 saturated heterocycles. The van der Waals surface area contributed by atoms with Crippen LogP contribution in [0.25, 0.3) is 0 Å². The molecule has 0 atom stereocenters. The Labute approximate surface area is 194 Å². The highest BCUT2D eigenvalue weighted by molar-refractivity contribution is 7.89. The van der Waals surface area contributed by atoms with Crippen LogP contribution in [0.3, 0.4) is 0 Å². The topological polar surface area (TPSA) is 76.2 Å². The zero-order valence-electron chi connectivity index (χ0n) is 18.4. The maximum absolute atomic E-state index is 13.6. The fourth-order valence-electron chi connectivity index (χ4n) is 3.69. The van der Waals surface area contributed by atoms with E-state index in [1.54, 1.807) is 36.3 Å². The number of nitrogens with zero attached hydrogens (tertiary/aromatic N) is 2. The van der Waals surface area contributed by atoms with E-state index in [0.29, 0.717) is 49.8 Å². The molecule has 0 unspecified atom stereocenters. The van der Waals surface area contributed by atoms with E-state index in [-0.39, 0.29) is 10.8 Å². The van der Waals surface area contributed by atoms with E-state index in [1.807, 2.05) is 42.5 Å². The van der Waals surface area contributed by atoms with Crippen molar-refractivity contribution in [3.8, 4) is 5.75 Å². The van der Waals surface area contributed by atoms with Gasteiger partial charge in [-0.05, 0) is 48.0 Å². The molecule has 8 heteroatoms. The molecule has 1 amide bonds. The second-order valence-corrected chi connectivity index (χ2v) is 9.56. The standard InChI is InChI=1S/C25H26N2O5S/c1-31-23-12-10-22(11-13-23)27(19-20-6-3-2-4-7-20)25(28)21-8-5-9-24(18-21)33(29,30)26-14-16-32-17-15-26/h2-13,18H,14-17,19H2,1H3. The number of benzene rings is 3. The average molecular weight is 467 g/mol. The first kappa shape index (κ1) is 23.0. The van der Waals surface area contributed by atoms with Crippen molar-refractivity contribution in [2.75, 3.05) is 38.3 Å². The van der Waals surface area contributed by atoms with E-state index >= 15 is 0 Å². The molecule has 0 radical (unpaired) electrons. The molecule has 3 aromatic rings. The van der Waals surface area contributed by atoms with Crippen LogP contribution in [-0.4, -0.2) is 52.0 Å². The summed E-state index contributed by atoms with van der Waals surface area (Å²) in [5, 5.41) is 0. The van der Waals surface area contributed by atoms with Crippen molar-refractivity contribution >= 4 is 21.6 Å². The van der Waals surface area contributed by atoms with Gasteiger partial charge in [0.25, 0.3) is 5.91 Å². The van der Waals surface area contributed by atoms with Gasteiger partial charge in [0.15, 0.2) is 0 Å². The van der Waals surface area contributed by atoms with Crippen LogP contribution in [-0.2, 0) is 21.3 Å². The van der Waals surface area contributed by atoms with Gasteiger partial charge in [0.2, 0.25) is 10.0 Å². The van der Waals surface area contributed by atoms with Crippen LogP contribution in [0.1, 0.15) is 15.9 Å². The highest BCUT2D eigenvalue weighted by Crippen LogP contribution is 2.25. The quantitative estimate of drug-likeness (QED) is 0.532. The van der Waals surface area contributed by atoms with Crippen molar-refractivity contribution in [2.24, 2.45) is 0 Å². The molecule has 3 aromatic carbocycles. The van der Waals surface area contributed by atoms with Crippen LogP contribution < -0.4 is 9.64 Å². The number of hydrogen-bond acceptors (Lipinski definition) is 5. The maximum atomic E-state index is 13.6. The summed E-state index contributed by atoms with van der Waals surface area (Å²) in [7, 11) is -2.12. The Bertz CT molecular complexity index is 1190. The van der Waals surface area contributed by atoms with Gasteiger partial charge in [-0.3, -0.25) is 4.79 Å². The SMILES string of the molecule is COc1ccc(N(Cc2ccccc2)C(=O)c2cccc(S(=O)(=O)N3CCOCC3)c2)cc1. The summed E-state index contributed by atoms with van der Waals surface area (Å²) in [5.74, 6) is 0.396. The molecule has 0 spiro atoms. The summed E-state index contributed by atoms with van der Waals surface area (Å²) in [6, 6.07) is 23.1. The van der Waals surface area contributed by atoms with E-state index < -0.39 is 10.0 Å². The Kier molecular flexibility index (Phi) is 7.08. The van der Waals surface area contributed by atoms with Crippen molar-refractivity contribution in [1.29, 1.82) is 0 Å². The lowest BCUT2D eigenvalue weighted by atomic mass is 10.1. The first-order valence-electron chi connectivity index (χ1n) is 10.7. The van der Waals surface area contributed by atoms with E-state index in [2.05, 4.69) is 0 Å². The van der Waals surface area contributed by atoms with Gasteiger partial charge in [0, 0.05) is 24.3 Å².